The predicted molar refractivity (Wildman–Crippen MR) is 63.6 cm³/mol. The Bertz CT molecular complexity index is 334. The molecular formula is C12H18FNO3. The number of halogens is 1. The van der Waals surface area contributed by atoms with Crippen LogP contribution in [0.15, 0.2) is 18.2 Å². The summed E-state index contributed by atoms with van der Waals surface area (Å²) >= 11 is 0. The van der Waals surface area contributed by atoms with Crippen molar-refractivity contribution in [2.24, 2.45) is 0 Å². The fraction of sp³-hybridized carbons (Fsp3) is 0.500. The van der Waals surface area contributed by atoms with Gasteiger partial charge in [-0.15, -0.1) is 0 Å². The number of hydrogen-bond donors (Lipinski definition) is 1. The molecule has 1 aromatic carbocycles. The summed E-state index contributed by atoms with van der Waals surface area (Å²) in [6, 6.07) is 4.37. The zero-order valence-electron chi connectivity index (χ0n) is 9.95. The van der Waals surface area contributed by atoms with E-state index in [1.807, 2.05) is 0 Å². The fourth-order valence-corrected chi connectivity index (χ4v) is 1.22. The van der Waals surface area contributed by atoms with Crippen LogP contribution < -0.4 is 10.5 Å². The third-order valence-corrected chi connectivity index (χ3v) is 2.11. The van der Waals surface area contributed by atoms with Gasteiger partial charge in [-0.25, -0.2) is 4.39 Å². The summed E-state index contributed by atoms with van der Waals surface area (Å²) in [5, 5.41) is 0. The molecule has 0 aromatic heterocycles. The number of benzene rings is 1. The molecule has 0 bridgehead atoms. The molecule has 17 heavy (non-hydrogen) atoms. The lowest BCUT2D eigenvalue weighted by Gasteiger charge is -2.07. The number of rotatable bonds is 8. The van der Waals surface area contributed by atoms with Gasteiger partial charge in [0.05, 0.1) is 12.3 Å². The second-order valence-corrected chi connectivity index (χ2v) is 3.49. The molecule has 0 aliphatic heterocycles. The SMILES string of the molecule is COCCCOCCOc1ccc(N)c(F)c1. The van der Waals surface area contributed by atoms with Gasteiger partial charge < -0.3 is 19.9 Å². The van der Waals surface area contributed by atoms with Gasteiger partial charge in [0.1, 0.15) is 18.2 Å². The molecule has 1 rings (SSSR count). The standard InChI is InChI=1S/C12H18FNO3/c1-15-5-2-6-16-7-8-17-10-3-4-12(14)11(13)9-10/h3-4,9H,2,5-8,14H2,1H3. The average Bonchev–Trinajstić information content (AvgIpc) is 2.32. The van der Waals surface area contributed by atoms with Crippen LogP contribution in [0.2, 0.25) is 0 Å². The third kappa shape index (κ3) is 5.51. The predicted octanol–water partition coefficient (Wildman–Crippen LogP) is 1.84. The highest BCUT2D eigenvalue weighted by molar-refractivity contribution is 5.43. The molecule has 0 radical (unpaired) electrons. The largest absolute Gasteiger partial charge is 0.491 e. The van der Waals surface area contributed by atoms with Gasteiger partial charge in [-0.2, -0.15) is 0 Å². The topological polar surface area (TPSA) is 53.7 Å². The van der Waals surface area contributed by atoms with E-state index in [0.717, 1.165) is 6.42 Å². The maximum atomic E-state index is 13.0. The van der Waals surface area contributed by atoms with Crippen molar-refractivity contribution < 1.29 is 18.6 Å². The zero-order valence-corrected chi connectivity index (χ0v) is 9.95. The number of ether oxygens (including phenoxy) is 3. The summed E-state index contributed by atoms with van der Waals surface area (Å²) in [5.74, 6) is -0.0132. The molecule has 96 valence electrons. The molecular weight excluding hydrogens is 225 g/mol. The Morgan fingerprint density at radius 3 is 2.71 bits per heavy atom. The lowest BCUT2D eigenvalue weighted by atomic mass is 10.3. The smallest absolute Gasteiger partial charge is 0.149 e. The quantitative estimate of drug-likeness (QED) is 0.559. The van der Waals surface area contributed by atoms with Crippen molar-refractivity contribution in [1.29, 1.82) is 0 Å². The summed E-state index contributed by atoms with van der Waals surface area (Å²) < 4.78 is 28.5. The zero-order chi connectivity index (χ0) is 12.5. The molecule has 1 aromatic rings. The second-order valence-electron chi connectivity index (χ2n) is 3.49. The van der Waals surface area contributed by atoms with E-state index in [4.69, 9.17) is 19.9 Å². The number of nitrogen functional groups attached to an aromatic ring is 1. The first-order chi connectivity index (χ1) is 8.24. The van der Waals surface area contributed by atoms with Crippen molar-refractivity contribution >= 4 is 5.69 Å². The van der Waals surface area contributed by atoms with Crippen molar-refractivity contribution in [3.05, 3.63) is 24.0 Å². The first kappa shape index (κ1) is 13.7. The summed E-state index contributed by atoms with van der Waals surface area (Å²) in [4.78, 5) is 0. The molecule has 0 amide bonds. The van der Waals surface area contributed by atoms with Crippen molar-refractivity contribution in [1.82, 2.24) is 0 Å². The van der Waals surface area contributed by atoms with Gasteiger partial charge in [0, 0.05) is 26.4 Å². The molecule has 0 saturated heterocycles. The Hall–Kier alpha value is -1.33. The van der Waals surface area contributed by atoms with E-state index in [2.05, 4.69) is 0 Å². The Labute approximate surface area is 100 Å². The van der Waals surface area contributed by atoms with Crippen molar-refractivity contribution in [2.75, 3.05) is 39.3 Å². The maximum absolute atomic E-state index is 13.0. The van der Waals surface area contributed by atoms with Crippen LogP contribution in [0.1, 0.15) is 6.42 Å². The number of methoxy groups -OCH3 is 1. The molecule has 5 heteroatoms. The molecule has 4 nitrogen and oxygen atoms in total. The van der Waals surface area contributed by atoms with E-state index < -0.39 is 5.82 Å². The lowest BCUT2D eigenvalue weighted by molar-refractivity contribution is 0.0806. The highest BCUT2D eigenvalue weighted by Gasteiger charge is 2.00. The minimum absolute atomic E-state index is 0.119. The summed E-state index contributed by atoms with van der Waals surface area (Å²) in [5.41, 5.74) is 5.46. The van der Waals surface area contributed by atoms with Gasteiger partial charge in [0.2, 0.25) is 0 Å². The van der Waals surface area contributed by atoms with Crippen LogP contribution in [0.4, 0.5) is 10.1 Å². The summed E-state index contributed by atoms with van der Waals surface area (Å²) in [7, 11) is 1.65. The third-order valence-electron chi connectivity index (χ3n) is 2.11. The Kier molecular flexibility index (Phi) is 6.35. The number of hydrogen-bond acceptors (Lipinski definition) is 4. The average molecular weight is 243 g/mol. The number of anilines is 1. The second kappa shape index (κ2) is 7.86. The summed E-state index contributed by atoms with van der Waals surface area (Å²) in [6.45, 7) is 2.17. The van der Waals surface area contributed by atoms with Crippen LogP contribution in [-0.2, 0) is 9.47 Å². The molecule has 0 saturated carbocycles. The van der Waals surface area contributed by atoms with Crippen LogP contribution in [0.25, 0.3) is 0 Å². The van der Waals surface area contributed by atoms with Crippen LogP contribution in [0.5, 0.6) is 5.75 Å². The molecule has 0 aliphatic carbocycles. The van der Waals surface area contributed by atoms with Gasteiger partial charge in [-0.05, 0) is 18.6 Å². The van der Waals surface area contributed by atoms with Gasteiger partial charge in [-0.3, -0.25) is 0 Å². The van der Waals surface area contributed by atoms with Gasteiger partial charge >= 0.3 is 0 Å². The van der Waals surface area contributed by atoms with Crippen LogP contribution in [0.3, 0.4) is 0 Å². The summed E-state index contributed by atoms with van der Waals surface area (Å²) in [6.07, 6.45) is 0.854. The van der Waals surface area contributed by atoms with Crippen molar-refractivity contribution in [2.45, 2.75) is 6.42 Å². The molecule has 0 spiro atoms. The molecule has 0 atom stereocenters. The maximum Gasteiger partial charge on any atom is 0.149 e. The van der Waals surface area contributed by atoms with E-state index in [-0.39, 0.29) is 5.69 Å². The van der Waals surface area contributed by atoms with E-state index in [1.54, 1.807) is 13.2 Å². The van der Waals surface area contributed by atoms with E-state index in [1.165, 1.54) is 12.1 Å². The van der Waals surface area contributed by atoms with E-state index in [9.17, 15) is 4.39 Å². The molecule has 0 unspecified atom stereocenters. The lowest BCUT2D eigenvalue weighted by Crippen LogP contribution is -2.08. The first-order valence-electron chi connectivity index (χ1n) is 5.48. The first-order valence-corrected chi connectivity index (χ1v) is 5.48. The van der Waals surface area contributed by atoms with Crippen LogP contribution in [0, 0.1) is 5.82 Å². The van der Waals surface area contributed by atoms with Gasteiger partial charge in [-0.1, -0.05) is 0 Å². The van der Waals surface area contributed by atoms with E-state index >= 15 is 0 Å². The Morgan fingerprint density at radius 1 is 1.18 bits per heavy atom. The Balaban J connectivity index is 2.11. The minimum atomic E-state index is -0.469. The highest BCUT2D eigenvalue weighted by atomic mass is 19.1. The van der Waals surface area contributed by atoms with Crippen molar-refractivity contribution in [3.8, 4) is 5.75 Å². The van der Waals surface area contributed by atoms with Crippen LogP contribution >= 0.6 is 0 Å². The molecule has 0 aliphatic rings. The number of nitrogens with two attached hydrogens (primary N) is 1. The van der Waals surface area contributed by atoms with Crippen LogP contribution in [-0.4, -0.2) is 33.5 Å². The minimum Gasteiger partial charge on any atom is -0.491 e. The normalized spacial score (nSPS) is 10.5. The Morgan fingerprint density at radius 2 is 2.00 bits per heavy atom. The van der Waals surface area contributed by atoms with Gasteiger partial charge in [0.25, 0.3) is 0 Å². The van der Waals surface area contributed by atoms with Gasteiger partial charge in [0.15, 0.2) is 0 Å². The monoisotopic (exact) mass is 243 g/mol. The highest BCUT2D eigenvalue weighted by Crippen LogP contribution is 2.17. The van der Waals surface area contributed by atoms with E-state index in [0.29, 0.717) is 32.2 Å². The van der Waals surface area contributed by atoms with Crippen molar-refractivity contribution in [3.63, 3.8) is 0 Å². The molecule has 2 N–H and O–H groups in total. The molecule has 0 fully saturated rings. The molecule has 0 heterocycles. The fourth-order valence-electron chi connectivity index (χ4n) is 1.22.